The van der Waals surface area contributed by atoms with Gasteiger partial charge in [-0.1, -0.05) is 0 Å². The van der Waals surface area contributed by atoms with Crippen molar-refractivity contribution in [2.24, 2.45) is 0 Å². The molecule has 0 aromatic heterocycles. The van der Waals surface area contributed by atoms with Crippen molar-refractivity contribution in [3.05, 3.63) is 0 Å². The summed E-state index contributed by atoms with van der Waals surface area (Å²) in [6, 6.07) is 0.632. The molecule has 0 bridgehead atoms. The second kappa shape index (κ2) is 6.98. The SMILES string of the molecule is CCOCCNC1CCOC2(CCSCC2)C1. The summed E-state index contributed by atoms with van der Waals surface area (Å²) in [5.41, 5.74) is 0.201. The molecule has 100 valence electrons. The number of hydrogen-bond acceptors (Lipinski definition) is 4. The highest BCUT2D eigenvalue weighted by Crippen LogP contribution is 2.37. The smallest absolute Gasteiger partial charge is 0.0713 e. The van der Waals surface area contributed by atoms with Gasteiger partial charge in [0.05, 0.1) is 12.2 Å². The maximum atomic E-state index is 6.08. The van der Waals surface area contributed by atoms with Crippen LogP contribution in [-0.4, -0.2) is 49.5 Å². The maximum Gasteiger partial charge on any atom is 0.0713 e. The fourth-order valence-corrected chi connectivity index (χ4v) is 4.01. The Hall–Kier alpha value is 0.230. The van der Waals surface area contributed by atoms with Crippen molar-refractivity contribution in [3.63, 3.8) is 0 Å². The monoisotopic (exact) mass is 259 g/mol. The van der Waals surface area contributed by atoms with Crippen LogP contribution in [0, 0.1) is 0 Å². The van der Waals surface area contributed by atoms with Crippen molar-refractivity contribution < 1.29 is 9.47 Å². The van der Waals surface area contributed by atoms with E-state index in [-0.39, 0.29) is 5.60 Å². The molecule has 0 aromatic carbocycles. The first kappa shape index (κ1) is 13.7. The van der Waals surface area contributed by atoms with Crippen LogP contribution in [0.15, 0.2) is 0 Å². The highest BCUT2D eigenvalue weighted by atomic mass is 32.2. The molecule has 2 saturated heterocycles. The molecule has 1 unspecified atom stereocenters. The van der Waals surface area contributed by atoms with E-state index in [0.29, 0.717) is 6.04 Å². The van der Waals surface area contributed by atoms with Crippen molar-refractivity contribution in [3.8, 4) is 0 Å². The zero-order valence-corrected chi connectivity index (χ0v) is 11.7. The molecule has 3 nitrogen and oxygen atoms in total. The van der Waals surface area contributed by atoms with Gasteiger partial charge in [0.25, 0.3) is 0 Å². The Morgan fingerprint density at radius 3 is 3.00 bits per heavy atom. The lowest BCUT2D eigenvalue weighted by Gasteiger charge is -2.43. The van der Waals surface area contributed by atoms with E-state index in [2.05, 4.69) is 17.1 Å². The van der Waals surface area contributed by atoms with Gasteiger partial charge >= 0.3 is 0 Å². The summed E-state index contributed by atoms with van der Waals surface area (Å²) in [5, 5.41) is 3.62. The van der Waals surface area contributed by atoms with Gasteiger partial charge in [-0.15, -0.1) is 0 Å². The Kier molecular flexibility index (Phi) is 5.60. The molecule has 1 N–H and O–H groups in total. The summed E-state index contributed by atoms with van der Waals surface area (Å²) < 4.78 is 11.4. The van der Waals surface area contributed by atoms with Crippen molar-refractivity contribution in [1.29, 1.82) is 0 Å². The second-order valence-corrected chi connectivity index (χ2v) is 6.21. The van der Waals surface area contributed by atoms with Gasteiger partial charge in [-0.05, 0) is 44.1 Å². The minimum atomic E-state index is 0.201. The molecule has 0 aromatic rings. The molecule has 0 radical (unpaired) electrons. The van der Waals surface area contributed by atoms with Crippen LogP contribution in [0.2, 0.25) is 0 Å². The highest BCUT2D eigenvalue weighted by Gasteiger charge is 2.38. The van der Waals surface area contributed by atoms with Crippen LogP contribution in [0.1, 0.15) is 32.6 Å². The lowest BCUT2D eigenvalue weighted by Crippen LogP contribution is -2.49. The van der Waals surface area contributed by atoms with Crippen LogP contribution in [0.5, 0.6) is 0 Å². The highest BCUT2D eigenvalue weighted by molar-refractivity contribution is 7.99. The third kappa shape index (κ3) is 4.12. The van der Waals surface area contributed by atoms with E-state index in [0.717, 1.165) is 32.8 Å². The maximum absolute atomic E-state index is 6.08. The number of ether oxygens (including phenoxy) is 2. The molecule has 2 aliphatic rings. The van der Waals surface area contributed by atoms with E-state index in [9.17, 15) is 0 Å². The molecule has 2 heterocycles. The quantitative estimate of drug-likeness (QED) is 0.766. The van der Waals surface area contributed by atoms with Crippen molar-refractivity contribution in [2.45, 2.75) is 44.2 Å². The summed E-state index contributed by atoms with van der Waals surface area (Å²) in [6.07, 6.45) is 4.82. The predicted octanol–water partition coefficient (Wildman–Crippen LogP) is 2.06. The Morgan fingerprint density at radius 2 is 2.24 bits per heavy atom. The van der Waals surface area contributed by atoms with Crippen LogP contribution in [0.3, 0.4) is 0 Å². The molecule has 17 heavy (non-hydrogen) atoms. The van der Waals surface area contributed by atoms with E-state index >= 15 is 0 Å². The minimum absolute atomic E-state index is 0.201. The van der Waals surface area contributed by atoms with Gasteiger partial charge in [0.15, 0.2) is 0 Å². The molecule has 2 aliphatic heterocycles. The largest absolute Gasteiger partial charge is 0.380 e. The molecule has 2 fully saturated rings. The average molecular weight is 259 g/mol. The summed E-state index contributed by atoms with van der Waals surface area (Å²) in [4.78, 5) is 0. The van der Waals surface area contributed by atoms with E-state index in [1.54, 1.807) is 0 Å². The molecule has 0 aliphatic carbocycles. The molecule has 0 saturated carbocycles. The minimum Gasteiger partial charge on any atom is -0.380 e. The standard InChI is InChI=1S/C13H25NO2S/c1-2-15-8-6-14-12-3-7-16-13(11-12)4-9-17-10-5-13/h12,14H,2-11H2,1H3. The van der Waals surface area contributed by atoms with Crippen molar-refractivity contribution in [1.82, 2.24) is 5.32 Å². The molecular formula is C13H25NO2S. The number of rotatable bonds is 5. The third-order valence-corrected chi connectivity index (χ3v) is 4.77. The fourth-order valence-electron chi connectivity index (χ4n) is 2.77. The summed E-state index contributed by atoms with van der Waals surface area (Å²) >= 11 is 2.07. The summed E-state index contributed by atoms with van der Waals surface area (Å²) in [5.74, 6) is 2.54. The Balaban J connectivity index is 1.72. The Labute approximate surface area is 109 Å². The topological polar surface area (TPSA) is 30.5 Å². The first-order chi connectivity index (χ1) is 8.35. The van der Waals surface area contributed by atoms with Crippen molar-refractivity contribution in [2.75, 3.05) is 37.9 Å². The second-order valence-electron chi connectivity index (χ2n) is 4.98. The van der Waals surface area contributed by atoms with Gasteiger partial charge in [-0.2, -0.15) is 11.8 Å². The van der Waals surface area contributed by atoms with Gasteiger partial charge in [0, 0.05) is 25.8 Å². The number of hydrogen-bond donors (Lipinski definition) is 1. The predicted molar refractivity (Wildman–Crippen MR) is 72.8 cm³/mol. The van der Waals surface area contributed by atoms with Crippen LogP contribution in [0.25, 0.3) is 0 Å². The van der Waals surface area contributed by atoms with Crippen LogP contribution in [-0.2, 0) is 9.47 Å². The van der Waals surface area contributed by atoms with Gasteiger partial charge < -0.3 is 14.8 Å². The first-order valence-electron chi connectivity index (χ1n) is 6.87. The lowest BCUT2D eigenvalue weighted by atomic mass is 9.85. The Bertz CT molecular complexity index is 214. The number of nitrogens with one attached hydrogen (secondary N) is 1. The molecule has 1 spiro atoms. The molecule has 0 amide bonds. The zero-order chi connectivity index (χ0) is 12.0. The van der Waals surface area contributed by atoms with Gasteiger partial charge in [-0.25, -0.2) is 0 Å². The fraction of sp³-hybridized carbons (Fsp3) is 1.00. The van der Waals surface area contributed by atoms with E-state index in [1.165, 1.54) is 30.8 Å². The van der Waals surface area contributed by atoms with E-state index in [4.69, 9.17) is 9.47 Å². The van der Waals surface area contributed by atoms with Crippen LogP contribution < -0.4 is 5.32 Å². The van der Waals surface area contributed by atoms with E-state index in [1.807, 2.05) is 6.92 Å². The van der Waals surface area contributed by atoms with E-state index < -0.39 is 0 Å². The van der Waals surface area contributed by atoms with Gasteiger partial charge in [0.2, 0.25) is 0 Å². The third-order valence-electron chi connectivity index (χ3n) is 3.78. The lowest BCUT2D eigenvalue weighted by molar-refractivity contribution is -0.0934. The number of thioether (sulfide) groups is 1. The van der Waals surface area contributed by atoms with Crippen LogP contribution in [0.4, 0.5) is 0 Å². The van der Waals surface area contributed by atoms with Crippen molar-refractivity contribution >= 4 is 11.8 Å². The summed E-state index contributed by atoms with van der Waals surface area (Å²) in [7, 11) is 0. The summed E-state index contributed by atoms with van der Waals surface area (Å²) in [6.45, 7) is 5.59. The normalized spacial score (nSPS) is 28.4. The molecular weight excluding hydrogens is 234 g/mol. The zero-order valence-electron chi connectivity index (χ0n) is 10.9. The molecule has 4 heteroatoms. The first-order valence-corrected chi connectivity index (χ1v) is 8.03. The van der Waals surface area contributed by atoms with Crippen LogP contribution >= 0.6 is 11.8 Å². The van der Waals surface area contributed by atoms with Gasteiger partial charge in [0.1, 0.15) is 0 Å². The molecule has 1 atom stereocenters. The molecule has 2 rings (SSSR count). The average Bonchev–Trinajstić information content (AvgIpc) is 2.36. The Morgan fingerprint density at radius 1 is 1.41 bits per heavy atom. The van der Waals surface area contributed by atoms with Gasteiger partial charge in [-0.3, -0.25) is 0 Å².